The molecule has 0 aromatic heterocycles. The number of hydrogen-bond acceptors (Lipinski definition) is 5. The molecule has 0 radical (unpaired) electrons. The highest BCUT2D eigenvalue weighted by Crippen LogP contribution is 2.21. The van der Waals surface area contributed by atoms with Crippen molar-refractivity contribution < 1.29 is 22.7 Å². The molecule has 0 heterocycles. The fraction of sp³-hybridized carbons (Fsp3) is 0.588. The lowest BCUT2D eigenvalue weighted by Gasteiger charge is -2.12. The van der Waals surface area contributed by atoms with E-state index in [9.17, 15) is 13.2 Å². The van der Waals surface area contributed by atoms with E-state index in [0.717, 1.165) is 12.8 Å². The Balaban J connectivity index is 2.51. The normalized spacial score (nSPS) is 11.3. The molecule has 8 heteroatoms. The minimum atomic E-state index is -3.51. The molecule has 1 aromatic rings. The third-order valence-electron chi connectivity index (χ3n) is 3.35. The molecule has 0 aliphatic rings. The second-order valence-corrected chi connectivity index (χ2v) is 7.28. The van der Waals surface area contributed by atoms with Gasteiger partial charge in [0, 0.05) is 26.3 Å². The summed E-state index contributed by atoms with van der Waals surface area (Å²) in [6.07, 6.45) is 1.47. The van der Waals surface area contributed by atoms with Gasteiger partial charge in [-0.25, -0.2) is 13.1 Å². The molecule has 0 atom stereocenters. The van der Waals surface area contributed by atoms with Crippen LogP contribution in [0.25, 0.3) is 0 Å². The number of aryl methyl sites for hydroxylation is 1. The molecular weight excluding hydrogens is 344 g/mol. The molecule has 0 spiro atoms. The Morgan fingerprint density at radius 2 is 1.96 bits per heavy atom. The fourth-order valence-electron chi connectivity index (χ4n) is 2.01. The van der Waals surface area contributed by atoms with Crippen molar-refractivity contribution in [3.63, 3.8) is 0 Å². The van der Waals surface area contributed by atoms with Gasteiger partial charge in [-0.05, 0) is 50.5 Å². The predicted molar refractivity (Wildman–Crippen MR) is 96.3 cm³/mol. The Morgan fingerprint density at radius 1 is 1.20 bits per heavy atom. The number of carbonyl (C=O) groups excluding carboxylic acids is 1. The number of amides is 1. The first-order chi connectivity index (χ1) is 11.9. The van der Waals surface area contributed by atoms with Crippen LogP contribution in [-0.4, -0.2) is 47.2 Å². The zero-order valence-electron chi connectivity index (χ0n) is 15.1. The van der Waals surface area contributed by atoms with Crippen LogP contribution >= 0.6 is 0 Å². The summed E-state index contributed by atoms with van der Waals surface area (Å²) in [5, 5.41) is 2.74. The average Bonchev–Trinajstić information content (AvgIpc) is 2.58. The van der Waals surface area contributed by atoms with Crippen molar-refractivity contribution in [1.82, 2.24) is 10.0 Å². The van der Waals surface area contributed by atoms with E-state index in [0.29, 0.717) is 37.6 Å². The van der Waals surface area contributed by atoms with E-state index in [1.807, 2.05) is 13.8 Å². The molecule has 0 aliphatic heterocycles. The van der Waals surface area contributed by atoms with Crippen molar-refractivity contribution in [2.75, 3.05) is 32.9 Å². The standard InChI is InChI=1S/C17H28N2O5S/c1-4-9-19-25(21,22)15-7-8-16(14(3)12-15)24-13-17(20)18-10-6-11-23-5-2/h7-8,12,19H,4-6,9-11,13H2,1-3H3,(H,18,20). The van der Waals surface area contributed by atoms with Crippen LogP contribution in [0.4, 0.5) is 0 Å². The Labute approximate surface area is 150 Å². The van der Waals surface area contributed by atoms with Gasteiger partial charge >= 0.3 is 0 Å². The van der Waals surface area contributed by atoms with Gasteiger partial charge in [-0.3, -0.25) is 4.79 Å². The van der Waals surface area contributed by atoms with Crippen LogP contribution in [0.1, 0.15) is 32.3 Å². The van der Waals surface area contributed by atoms with Gasteiger partial charge in [-0.15, -0.1) is 0 Å². The SMILES string of the molecule is CCCNS(=O)(=O)c1ccc(OCC(=O)NCCCOCC)c(C)c1. The van der Waals surface area contributed by atoms with Crippen molar-refractivity contribution in [2.24, 2.45) is 0 Å². The Hall–Kier alpha value is -1.64. The van der Waals surface area contributed by atoms with Gasteiger partial charge < -0.3 is 14.8 Å². The molecule has 7 nitrogen and oxygen atoms in total. The summed E-state index contributed by atoms with van der Waals surface area (Å²) in [5.74, 6) is 0.260. The predicted octanol–water partition coefficient (Wildman–Crippen LogP) is 1.60. The van der Waals surface area contributed by atoms with Gasteiger partial charge in [0.2, 0.25) is 10.0 Å². The van der Waals surface area contributed by atoms with Gasteiger partial charge in [0.05, 0.1) is 4.90 Å². The molecule has 0 saturated carbocycles. The summed E-state index contributed by atoms with van der Waals surface area (Å²) in [6, 6.07) is 4.58. The summed E-state index contributed by atoms with van der Waals surface area (Å²) in [4.78, 5) is 11.9. The molecule has 0 unspecified atom stereocenters. The number of hydrogen-bond donors (Lipinski definition) is 2. The van der Waals surface area contributed by atoms with Gasteiger partial charge in [-0.2, -0.15) is 0 Å². The summed E-state index contributed by atoms with van der Waals surface area (Å²) in [7, 11) is -3.51. The quantitative estimate of drug-likeness (QED) is 0.544. The molecule has 0 bridgehead atoms. The van der Waals surface area contributed by atoms with E-state index in [4.69, 9.17) is 9.47 Å². The Bertz CT molecular complexity index is 646. The fourth-order valence-corrected chi connectivity index (χ4v) is 3.23. The molecule has 2 N–H and O–H groups in total. The first-order valence-electron chi connectivity index (χ1n) is 8.48. The van der Waals surface area contributed by atoms with Crippen LogP contribution in [0.2, 0.25) is 0 Å². The van der Waals surface area contributed by atoms with E-state index in [-0.39, 0.29) is 17.4 Å². The summed E-state index contributed by atoms with van der Waals surface area (Å²) in [6.45, 7) is 7.64. The molecule has 25 heavy (non-hydrogen) atoms. The molecular formula is C17H28N2O5S. The third-order valence-corrected chi connectivity index (χ3v) is 4.81. The Kier molecular flexibility index (Phi) is 9.48. The lowest BCUT2D eigenvalue weighted by atomic mass is 10.2. The molecule has 0 saturated heterocycles. The number of nitrogens with one attached hydrogen (secondary N) is 2. The number of carbonyl (C=O) groups is 1. The van der Waals surface area contributed by atoms with Crippen LogP contribution in [-0.2, 0) is 19.6 Å². The number of benzene rings is 1. The zero-order valence-corrected chi connectivity index (χ0v) is 15.9. The van der Waals surface area contributed by atoms with Crippen molar-refractivity contribution >= 4 is 15.9 Å². The highest BCUT2D eigenvalue weighted by molar-refractivity contribution is 7.89. The summed E-state index contributed by atoms with van der Waals surface area (Å²) < 4.78 is 37.3. The second kappa shape index (κ2) is 11.1. The minimum Gasteiger partial charge on any atom is -0.484 e. The van der Waals surface area contributed by atoms with Crippen molar-refractivity contribution in [3.8, 4) is 5.75 Å². The number of ether oxygens (including phenoxy) is 2. The molecule has 1 amide bonds. The molecule has 1 aromatic carbocycles. The van der Waals surface area contributed by atoms with E-state index < -0.39 is 10.0 Å². The maximum atomic E-state index is 12.1. The molecule has 1 rings (SSSR count). The summed E-state index contributed by atoms with van der Waals surface area (Å²) in [5.41, 5.74) is 0.656. The number of sulfonamides is 1. The van der Waals surface area contributed by atoms with Crippen molar-refractivity contribution in [2.45, 2.75) is 38.5 Å². The highest BCUT2D eigenvalue weighted by atomic mass is 32.2. The van der Waals surface area contributed by atoms with Crippen LogP contribution in [0.5, 0.6) is 5.75 Å². The molecule has 142 valence electrons. The van der Waals surface area contributed by atoms with Crippen molar-refractivity contribution in [1.29, 1.82) is 0 Å². The van der Waals surface area contributed by atoms with Crippen LogP contribution in [0, 0.1) is 6.92 Å². The van der Waals surface area contributed by atoms with E-state index in [1.54, 1.807) is 13.0 Å². The maximum absolute atomic E-state index is 12.1. The lowest BCUT2D eigenvalue weighted by molar-refractivity contribution is -0.123. The van der Waals surface area contributed by atoms with Gasteiger partial charge in [-0.1, -0.05) is 6.92 Å². The van der Waals surface area contributed by atoms with Crippen LogP contribution in [0.15, 0.2) is 23.1 Å². The highest BCUT2D eigenvalue weighted by Gasteiger charge is 2.15. The zero-order chi connectivity index (χ0) is 18.7. The van der Waals surface area contributed by atoms with Crippen LogP contribution < -0.4 is 14.8 Å². The van der Waals surface area contributed by atoms with Crippen molar-refractivity contribution in [3.05, 3.63) is 23.8 Å². The summed E-state index contributed by atoms with van der Waals surface area (Å²) >= 11 is 0. The smallest absolute Gasteiger partial charge is 0.257 e. The average molecular weight is 372 g/mol. The number of rotatable bonds is 12. The third kappa shape index (κ3) is 7.85. The maximum Gasteiger partial charge on any atom is 0.257 e. The largest absolute Gasteiger partial charge is 0.484 e. The van der Waals surface area contributed by atoms with Gasteiger partial charge in [0.25, 0.3) is 5.91 Å². The first kappa shape index (κ1) is 21.4. The van der Waals surface area contributed by atoms with Crippen LogP contribution in [0.3, 0.4) is 0 Å². The molecule has 0 aliphatic carbocycles. The lowest BCUT2D eigenvalue weighted by Crippen LogP contribution is -2.30. The monoisotopic (exact) mass is 372 g/mol. The topological polar surface area (TPSA) is 93.7 Å². The minimum absolute atomic E-state index is 0.115. The first-order valence-corrected chi connectivity index (χ1v) is 9.96. The van der Waals surface area contributed by atoms with E-state index in [1.165, 1.54) is 12.1 Å². The van der Waals surface area contributed by atoms with E-state index in [2.05, 4.69) is 10.0 Å². The van der Waals surface area contributed by atoms with Gasteiger partial charge in [0.1, 0.15) is 5.75 Å². The Morgan fingerprint density at radius 3 is 2.60 bits per heavy atom. The molecule has 0 fully saturated rings. The second-order valence-electron chi connectivity index (χ2n) is 5.51. The van der Waals surface area contributed by atoms with E-state index >= 15 is 0 Å². The van der Waals surface area contributed by atoms with Gasteiger partial charge in [0.15, 0.2) is 6.61 Å².